The zero-order valence-corrected chi connectivity index (χ0v) is 12.6. The van der Waals surface area contributed by atoms with Gasteiger partial charge >= 0.3 is 0 Å². The van der Waals surface area contributed by atoms with Crippen molar-refractivity contribution in [1.82, 2.24) is 9.47 Å². The smallest absolute Gasteiger partial charge is 0.270 e. The average Bonchev–Trinajstić information content (AvgIpc) is 3.10. The van der Waals surface area contributed by atoms with Crippen LogP contribution in [0.2, 0.25) is 0 Å². The number of rotatable bonds is 2. The van der Waals surface area contributed by atoms with Gasteiger partial charge in [0, 0.05) is 30.7 Å². The first-order valence-electron chi connectivity index (χ1n) is 7.50. The van der Waals surface area contributed by atoms with Crippen LogP contribution in [0.5, 0.6) is 0 Å². The van der Waals surface area contributed by atoms with E-state index in [-0.39, 0.29) is 11.3 Å². The highest BCUT2D eigenvalue weighted by Gasteiger charge is 2.45. The Labute approximate surface area is 120 Å². The summed E-state index contributed by atoms with van der Waals surface area (Å²) in [6, 6.07) is 4.39. The van der Waals surface area contributed by atoms with E-state index in [1.54, 1.807) is 0 Å². The lowest BCUT2D eigenvalue weighted by Crippen LogP contribution is -2.57. The molecule has 0 aromatic carbocycles. The van der Waals surface area contributed by atoms with Crippen molar-refractivity contribution in [2.75, 3.05) is 13.1 Å². The number of amides is 1. The quantitative estimate of drug-likeness (QED) is 0.902. The number of nitrogens with zero attached hydrogens (tertiary/aromatic N) is 2. The molecule has 1 saturated heterocycles. The summed E-state index contributed by atoms with van der Waals surface area (Å²) in [4.78, 5) is 14.6. The third kappa shape index (κ3) is 2.16. The first kappa shape index (κ1) is 13.7. The Hall–Kier alpha value is -1.29. The fourth-order valence-electron chi connectivity index (χ4n) is 3.00. The van der Waals surface area contributed by atoms with E-state index in [9.17, 15) is 9.90 Å². The van der Waals surface area contributed by atoms with Crippen molar-refractivity contribution in [3.8, 4) is 0 Å². The Kier molecular flexibility index (Phi) is 2.98. The molecule has 3 rings (SSSR count). The van der Waals surface area contributed by atoms with Gasteiger partial charge in [-0.2, -0.15) is 0 Å². The van der Waals surface area contributed by atoms with Gasteiger partial charge in [0.05, 0.1) is 5.60 Å². The summed E-state index contributed by atoms with van der Waals surface area (Å²) >= 11 is 0. The van der Waals surface area contributed by atoms with E-state index in [0.29, 0.717) is 25.6 Å². The highest BCUT2D eigenvalue weighted by Crippen LogP contribution is 2.39. The number of piperidine rings is 1. The summed E-state index contributed by atoms with van der Waals surface area (Å²) < 4.78 is 2.11. The highest BCUT2D eigenvalue weighted by molar-refractivity contribution is 5.93. The molecule has 110 valence electrons. The third-order valence-electron chi connectivity index (χ3n) is 5.14. The second-order valence-corrected chi connectivity index (χ2v) is 7.17. The first-order chi connectivity index (χ1) is 9.32. The number of carbonyl (C=O) groups excluding carboxylic acids is 1. The Bertz CT molecular complexity index is 526. The molecular weight excluding hydrogens is 252 g/mol. The molecule has 0 unspecified atom stereocenters. The summed E-state index contributed by atoms with van der Waals surface area (Å²) in [6.07, 6.45) is 5.00. The fraction of sp³-hybridized carbons (Fsp3) is 0.688. The maximum atomic E-state index is 12.7. The predicted octanol–water partition coefficient (Wildman–Crippen LogP) is 2.45. The van der Waals surface area contributed by atoms with Crippen LogP contribution in [0.25, 0.3) is 0 Å². The molecule has 1 aromatic rings. The largest absolute Gasteiger partial charge is 0.389 e. The molecule has 0 spiro atoms. The molecule has 20 heavy (non-hydrogen) atoms. The first-order valence-corrected chi connectivity index (χ1v) is 7.50. The number of hydrogen-bond donors (Lipinski definition) is 1. The van der Waals surface area contributed by atoms with Gasteiger partial charge in [-0.05, 0) is 38.3 Å². The van der Waals surface area contributed by atoms with Gasteiger partial charge in [-0.3, -0.25) is 4.79 Å². The van der Waals surface area contributed by atoms with Gasteiger partial charge in [-0.1, -0.05) is 13.8 Å². The Morgan fingerprint density at radius 2 is 2.05 bits per heavy atom. The monoisotopic (exact) mass is 276 g/mol. The topological polar surface area (TPSA) is 45.5 Å². The van der Waals surface area contributed by atoms with Crippen LogP contribution in [-0.4, -0.2) is 39.2 Å². The third-order valence-corrected chi connectivity index (χ3v) is 5.14. The van der Waals surface area contributed by atoms with E-state index in [1.807, 2.05) is 44.0 Å². The molecule has 2 aliphatic rings. The summed E-state index contributed by atoms with van der Waals surface area (Å²) in [6.45, 7) is 7.18. The van der Waals surface area contributed by atoms with Crippen molar-refractivity contribution in [1.29, 1.82) is 0 Å². The standard InChI is InChI=1S/C16H24N2O2/c1-15(2)11-17(10-8-16(15,3)20)14(19)13-5-4-9-18(13)12-6-7-12/h4-5,9,12,20H,6-8,10-11H2,1-3H3/t16-/m1/s1. The second-order valence-electron chi connectivity index (χ2n) is 7.17. The van der Waals surface area contributed by atoms with Crippen molar-refractivity contribution in [2.24, 2.45) is 5.41 Å². The average molecular weight is 276 g/mol. The van der Waals surface area contributed by atoms with E-state index in [4.69, 9.17) is 0 Å². The van der Waals surface area contributed by atoms with Crippen LogP contribution in [0.15, 0.2) is 18.3 Å². The number of hydrogen-bond acceptors (Lipinski definition) is 2. The molecule has 0 bridgehead atoms. The Balaban J connectivity index is 1.80. The van der Waals surface area contributed by atoms with E-state index in [1.165, 1.54) is 12.8 Å². The molecule has 2 heterocycles. The Morgan fingerprint density at radius 1 is 1.35 bits per heavy atom. The summed E-state index contributed by atoms with van der Waals surface area (Å²) in [7, 11) is 0. The lowest BCUT2D eigenvalue weighted by molar-refractivity contribution is -0.0972. The fourth-order valence-corrected chi connectivity index (χ4v) is 3.00. The molecule has 0 radical (unpaired) electrons. The van der Waals surface area contributed by atoms with Crippen LogP contribution in [0, 0.1) is 5.41 Å². The van der Waals surface area contributed by atoms with E-state index in [2.05, 4.69) is 4.57 Å². The van der Waals surface area contributed by atoms with Crippen LogP contribution in [-0.2, 0) is 0 Å². The zero-order valence-electron chi connectivity index (χ0n) is 12.6. The Morgan fingerprint density at radius 3 is 2.65 bits per heavy atom. The summed E-state index contributed by atoms with van der Waals surface area (Å²) in [5.41, 5.74) is -0.190. The van der Waals surface area contributed by atoms with Gasteiger partial charge in [0.2, 0.25) is 0 Å². The number of carbonyl (C=O) groups is 1. The van der Waals surface area contributed by atoms with Gasteiger partial charge in [-0.15, -0.1) is 0 Å². The van der Waals surface area contributed by atoms with Crippen molar-refractivity contribution < 1.29 is 9.90 Å². The van der Waals surface area contributed by atoms with Gasteiger partial charge < -0.3 is 14.6 Å². The van der Waals surface area contributed by atoms with Crippen molar-refractivity contribution in [2.45, 2.75) is 51.7 Å². The van der Waals surface area contributed by atoms with Crippen molar-refractivity contribution in [3.05, 3.63) is 24.0 Å². The van der Waals surface area contributed by atoms with Gasteiger partial charge in [0.25, 0.3) is 5.91 Å². The van der Waals surface area contributed by atoms with E-state index < -0.39 is 5.60 Å². The van der Waals surface area contributed by atoms with Crippen LogP contribution in [0.4, 0.5) is 0 Å². The SMILES string of the molecule is CC1(C)CN(C(=O)c2cccn2C2CC2)CC[C@@]1(C)O. The number of aliphatic hydroxyl groups is 1. The van der Waals surface area contributed by atoms with Gasteiger partial charge in [-0.25, -0.2) is 0 Å². The molecular formula is C16H24N2O2. The molecule has 4 nitrogen and oxygen atoms in total. The second kappa shape index (κ2) is 4.35. The highest BCUT2D eigenvalue weighted by atomic mass is 16.3. The molecule has 1 amide bonds. The number of aromatic nitrogens is 1. The van der Waals surface area contributed by atoms with E-state index >= 15 is 0 Å². The maximum Gasteiger partial charge on any atom is 0.270 e. The van der Waals surface area contributed by atoms with Crippen LogP contribution in [0.1, 0.15) is 56.6 Å². The summed E-state index contributed by atoms with van der Waals surface area (Å²) in [5.74, 6) is 0.102. The van der Waals surface area contributed by atoms with E-state index in [0.717, 1.165) is 5.69 Å². The normalized spacial score (nSPS) is 29.5. The minimum atomic E-state index is -0.706. The van der Waals surface area contributed by atoms with Crippen LogP contribution < -0.4 is 0 Å². The minimum absolute atomic E-state index is 0.102. The molecule has 1 N–H and O–H groups in total. The lowest BCUT2D eigenvalue weighted by Gasteiger charge is -2.48. The molecule has 1 atom stereocenters. The molecule has 1 aliphatic heterocycles. The molecule has 1 saturated carbocycles. The van der Waals surface area contributed by atoms with Crippen LogP contribution >= 0.6 is 0 Å². The molecule has 1 aliphatic carbocycles. The van der Waals surface area contributed by atoms with Crippen molar-refractivity contribution >= 4 is 5.91 Å². The van der Waals surface area contributed by atoms with Gasteiger partial charge in [0.15, 0.2) is 0 Å². The summed E-state index contributed by atoms with van der Waals surface area (Å²) in [5, 5.41) is 10.4. The molecule has 2 fully saturated rings. The van der Waals surface area contributed by atoms with Crippen LogP contribution in [0.3, 0.4) is 0 Å². The number of likely N-dealkylation sites (tertiary alicyclic amines) is 1. The molecule has 4 heteroatoms. The minimum Gasteiger partial charge on any atom is -0.389 e. The predicted molar refractivity (Wildman–Crippen MR) is 77.6 cm³/mol. The molecule has 1 aromatic heterocycles. The van der Waals surface area contributed by atoms with Crippen molar-refractivity contribution in [3.63, 3.8) is 0 Å². The zero-order chi connectivity index (χ0) is 14.5. The van der Waals surface area contributed by atoms with Gasteiger partial charge in [0.1, 0.15) is 5.69 Å². The lowest BCUT2D eigenvalue weighted by atomic mass is 9.71. The maximum absolute atomic E-state index is 12.7.